The maximum atomic E-state index is 9.40. The van der Waals surface area contributed by atoms with E-state index in [9.17, 15) is 5.11 Å². The molecule has 0 aromatic heterocycles. The zero-order valence-electron chi connectivity index (χ0n) is 8.68. The van der Waals surface area contributed by atoms with Gasteiger partial charge in [-0.3, -0.25) is 0 Å². The molecule has 2 N–H and O–H groups in total. The molecule has 0 heterocycles. The first-order valence-corrected chi connectivity index (χ1v) is 5.22. The van der Waals surface area contributed by atoms with E-state index in [1.54, 1.807) is 0 Å². The van der Waals surface area contributed by atoms with Crippen LogP contribution in [0.1, 0.15) is 26.7 Å². The van der Waals surface area contributed by atoms with Crippen LogP contribution in [0.5, 0.6) is 0 Å². The molecule has 1 aliphatic rings. The summed E-state index contributed by atoms with van der Waals surface area (Å²) in [6.45, 7) is 6.49. The van der Waals surface area contributed by atoms with Gasteiger partial charge in [-0.25, -0.2) is 0 Å². The third-order valence-corrected chi connectivity index (χ3v) is 2.73. The monoisotopic (exact) mass is 187 g/mol. The standard InChI is InChI=1S/C10H21NO2/c1-3-11-10(7-12,8-13-4-2)9-5-6-9/h9,11-12H,3-8H2,1-2H3. The quantitative estimate of drug-likeness (QED) is 0.618. The number of nitrogens with one attached hydrogen (secondary N) is 1. The summed E-state index contributed by atoms with van der Waals surface area (Å²) in [5, 5.41) is 12.8. The number of ether oxygens (including phenoxy) is 1. The predicted molar refractivity (Wildman–Crippen MR) is 52.7 cm³/mol. The van der Waals surface area contributed by atoms with Crippen LogP contribution in [0.25, 0.3) is 0 Å². The number of hydrogen-bond donors (Lipinski definition) is 2. The maximum absolute atomic E-state index is 9.40. The fourth-order valence-electron chi connectivity index (χ4n) is 1.82. The van der Waals surface area contributed by atoms with Gasteiger partial charge in [-0.15, -0.1) is 0 Å². The fourth-order valence-corrected chi connectivity index (χ4v) is 1.82. The molecule has 13 heavy (non-hydrogen) atoms. The van der Waals surface area contributed by atoms with Crippen LogP contribution in [0, 0.1) is 5.92 Å². The van der Waals surface area contributed by atoms with Crippen molar-refractivity contribution in [3.8, 4) is 0 Å². The molecule has 0 aromatic carbocycles. The van der Waals surface area contributed by atoms with Crippen LogP contribution in [0.4, 0.5) is 0 Å². The minimum absolute atomic E-state index is 0.162. The third kappa shape index (κ3) is 2.66. The average Bonchev–Trinajstić information content (AvgIpc) is 2.96. The average molecular weight is 187 g/mol. The van der Waals surface area contributed by atoms with E-state index in [1.165, 1.54) is 12.8 Å². The second kappa shape index (κ2) is 4.94. The lowest BCUT2D eigenvalue weighted by Gasteiger charge is -2.32. The zero-order valence-corrected chi connectivity index (χ0v) is 8.68. The van der Waals surface area contributed by atoms with Crippen LogP contribution in [-0.4, -0.2) is 37.0 Å². The molecule has 0 saturated heterocycles. The topological polar surface area (TPSA) is 41.5 Å². The molecule has 0 radical (unpaired) electrons. The molecular weight excluding hydrogens is 166 g/mol. The molecule has 1 saturated carbocycles. The van der Waals surface area contributed by atoms with Crippen LogP contribution in [0.2, 0.25) is 0 Å². The molecule has 0 aromatic rings. The second-order valence-electron chi connectivity index (χ2n) is 3.76. The van der Waals surface area contributed by atoms with E-state index in [1.807, 2.05) is 6.92 Å². The summed E-state index contributed by atoms with van der Waals surface area (Å²) in [6.07, 6.45) is 2.45. The molecule has 3 nitrogen and oxygen atoms in total. The van der Waals surface area contributed by atoms with E-state index in [-0.39, 0.29) is 12.1 Å². The van der Waals surface area contributed by atoms with Gasteiger partial charge in [-0.2, -0.15) is 0 Å². The van der Waals surface area contributed by atoms with Crippen molar-refractivity contribution < 1.29 is 9.84 Å². The Morgan fingerprint density at radius 1 is 1.46 bits per heavy atom. The Labute approximate surface area is 80.5 Å². The first kappa shape index (κ1) is 11.0. The van der Waals surface area contributed by atoms with Gasteiger partial charge in [0.15, 0.2) is 0 Å². The van der Waals surface area contributed by atoms with Gasteiger partial charge in [0.25, 0.3) is 0 Å². The van der Waals surface area contributed by atoms with E-state index in [0.717, 1.165) is 13.2 Å². The molecule has 78 valence electrons. The highest BCUT2D eigenvalue weighted by Crippen LogP contribution is 2.39. The molecule has 3 heteroatoms. The molecule has 1 rings (SSSR count). The molecule has 0 spiro atoms. The highest BCUT2D eigenvalue weighted by molar-refractivity contribution is 5.00. The minimum Gasteiger partial charge on any atom is -0.394 e. The van der Waals surface area contributed by atoms with Crippen LogP contribution < -0.4 is 5.32 Å². The van der Waals surface area contributed by atoms with E-state index in [2.05, 4.69) is 12.2 Å². The molecule has 1 aliphatic carbocycles. The summed E-state index contributed by atoms with van der Waals surface area (Å²) in [5.74, 6) is 0.615. The van der Waals surface area contributed by atoms with Crippen LogP contribution in [-0.2, 0) is 4.74 Å². The smallest absolute Gasteiger partial charge is 0.0679 e. The van der Waals surface area contributed by atoms with Crippen molar-refractivity contribution in [2.45, 2.75) is 32.2 Å². The Hall–Kier alpha value is -0.120. The van der Waals surface area contributed by atoms with Crippen molar-refractivity contribution in [3.63, 3.8) is 0 Å². The van der Waals surface area contributed by atoms with E-state index in [0.29, 0.717) is 12.5 Å². The molecule has 0 bridgehead atoms. The molecule has 1 atom stereocenters. The normalized spacial score (nSPS) is 21.5. The Balaban J connectivity index is 2.47. The Morgan fingerprint density at radius 2 is 2.15 bits per heavy atom. The summed E-state index contributed by atoms with van der Waals surface area (Å²) >= 11 is 0. The second-order valence-corrected chi connectivity index (χ2v) is 3.76. The largest absolute Gasteiger partial charge is 0.394 e. The Kier molecular flexibility index (Phi) is 4.16. The maximum Gasteiger partial charge on any atom is 0.0679 e. The van der Waals surface area contributed by atoms with Gasteiger partial charge in [0.2, 0.25) is 0 Å². The number of aliphatic hydroxyl groups excluding tert-OH is 1. The van der Waals surface area contributed by atoms with Gasteiger partial charge in [0.05, 0.1) is 18.8 Å². The number of hydrogen-bond acceptors (Lipinski definition) is 3. The molecular formula is C10H21NO2. The van der Waals surface area contributed by atoms with Crippen molar-refractivity contribution in [1.29, 1.82) is 0 Å². The van der Waals surface area contributed by atoms with Crippen molar-refractivity contribution in [3.05, 3.63) is 0 Å². The highest BCUT2D eigenvalue weighted by atomic mass is 16.5. The van der Waals surface area contributed by atoms with Crippen molar-refractivity contribution >= 4 is 0 Å². The highest BCUT2D eigenvalue weighted by Gasteiger charge is 2.44. The molecule has 1 unspecified atom stereocenters. The van der Waals surface area contributed by atoms with E-state index < -0.39 is 0 Å². The summed E-state index contributed by atoms with van der Waals surface area (Å²) in [5.41, 5.74) is -0.162. The lowest BCUT2D eigenvalue weighted by molar-refractivity contribution is 0.0298. The number of likely N-dealkylation sites (N-methyl/N-ethyl adjacent to an activating group) is 1. The summed E-state index contributed by atoms with van der Waals surface area (Å²) in [7, 11) is 0. The number of rotatable bonds is 7. The van der Waals surface area contributed by atoms with E-state index in [4.69, 9.17) is 4.74 Å². The third-order valence-electron chi connectivity index (χ3n) is 2.73. The first-order valence-electron chi connectivity index (χ1n) is 5.22. The fraction of sp³-hybridized carbons (Fsp3) is 1.00. The molecule has 0 amide bonds. The predicted octanol–water partition coefficient (Wildman–Crippen LogP) is 0.773. The SMILES string of the molecule is CCNC(CO)(COCC)C1CC1. The van der Waals surface area contributed by atoms with Crippen molar-refractivity contribution in [2.24, 2.45) is 5.92 Å². The lowest BCUT2D eigenvalue weighted by atomic mass is 9.95. The van der Waals surface area contributed by atoms with Gasteiger partial charge in [-0.1, -0.05) is 6.92 Å². The summed E-state index contributed by atoms with van der Waals surface area (Å²) in [4.78, 5) is 0. The zero-order chi connectivity index (χ0) is 9.73. The number of aliphatic hydroxyl groups is 1. The van der Waals surface area contributed by atoms with Crippen LogP contribution in [0.15, 0.2) is 0 Å². The van der Waals surface area contributed by atoms with E-state index >= 15 is 0 Å². The Morgan fingerprint density at radius 3 is 2.54 bits per heavy atom. The van der Waals surface area contributed by atoms with Crippen LogP contribution in [0.3, 0.4) is 0 Å². The van der Waals surface area contributed by atoms with Gasteiger partial charge in [0.1, 0.15) is 0 Å². The van der Waals surface area contributed by atoms with Gasteiger partial charge < -0.3 is 15.2 Å². The van der Waals surface area contributed by atoms with Gasteiger partial charge >= 0.3 is 0 Å². The van der Waals surface area contributed by atoms with Gasteiger partial charge in [-0.05, 0) is 32.2 Å². The lowest BCUT2D eigenvalue weighted by Crippen LogP contribution is -2.54. The first-order chi connectivity index (χ1) is 6.29. The van der Waals surface area contributed by atoms with Crippen molar-refractivity contribution in [2.75, 3.05) is 26.4 Å². The van der Waals surface area contributed by atoms with Crippen LogP contribution >= 0.6 is 0 Å². The minimum atomic E-state index is -0.162. The van der Waals surface area contributed by atoms with Crippen molar-refractivity contribution in [1.82, 2.24) is 5.32 Å². The summed E-state index contributed by atoms with van der Waals surface area (Å²) in [6, 6.07) is 0. The summed E-state index contributed by atoms with van der Waals surface area (Å²) < 4.78 is 5.42. The van der Waals surface area contributed by atoms with Gasteiger partial charge in [0, 0.05) is 6.61 Å². The Bertz CT molecular complexity index is 148. The molecule has 1 fully saturated rings. The molecule has 0 aliphatic heterocycles.